The van der Waals surface area contributed by atoms with Crippen molar-refractivity contribution in [1.29, 1.82) is 0 Å². The molecule has 1 aliphatic carbocycles. The number of aliphatic hydroxyl groups excluding tert-OH is 1. The predicted octanol–water partition coefficient (Wildman–Crippen LogP) is 0.291. The molecule has 2 aliphatic rings. The minimum atomic E-state index is 0.136. The lowest BCUT2D eigenvalue weighted by molar-refractivity contribution is -0.123. The molecule has 5 nitrogen and oxygen atoms in total. The highest BCUT2D eigenvalue weighted by atomic mass is 16.3. The average Bonchev–Trinajstić information content (AvgIpc) is 2.48. The number of nitrogens with one attached hydrogen (secondary N) is 1. The van der Waals surface area contributed by atoms with Gasteiger partial charge in [0, 0.05) is 32.2 Å². The molecule has 116 valence electrons. The Labute approximate surface area is 122 Å². The standard InChI is InChI=1S/C15H29N3O2/c1-17-7-8-18(10-14(17)12-19)11-15(20)16-9-13-5-3-2-4-6-13/h13-14,19H,2-12H2,1H3,(H,16,20). The van der Waals surface area contributed by atoms with Crippen LogP contribution in [-0.4, -0.2) is 73.2 Å². The van der Waals surface area contributed by atoms with E-state index in [2.05, 4.69) is 15.1 Å². The third-order valence-electron chi connectivity index (χ3n) is 4.75. The van der Waals surface area contributed by atoms with E-state index in [0.29, 0.717) is 12.5 Å². The van der Waals surface area contributed by atoms with Crippen LogP contribution >= 0.6 is 0 Å². The van der Waals surface area contributed by atoms with Gasteiger partial charge >= 0.3 is 0 Å². The Bertz CT molecular complexity index is 305. The first-order chi connectivity index (χ1) is 9.69. The second-order valence-corrected chi connectivity index (χ2v) is 6.36. The van der Waals surface area contributed by atoms with Gasteiger partial charge in [-0.15, -0.1) is 0 Å². The fourth-order valence-corrected chi connectivity index (χ4v) is 3.26. The molecule has 0 bridgehead atoms. The molecular weight excluding hydrogens is 254 g/mol. The van der Waals surface area contributed by atoms with Gasteiger partial charge in [0.25, 0.3) is 0 Å². The summed E-state index contributed by atoms with van der Waals surface area (Å²) in [4.78, 5) is 16.3. The molecule has 0 radical (unpaired) electrons. The number of carbonyl (C=O) groups excluding carboxylic acids is 1. The van der Waals surface area contributed by atoms with Crippen LogP contribution in [0, 0.1) is 5.92 Å². The van der Waals surface area contributed by atoms with E-state index in [1.165, 1.54) is 32.1 Å². The van der Waals surface area contributed by atoms with E-state index in [9.17, 15) is 9.90 Å². The number of carbonyl (C=O) groups is 1. The lowest BCUT2D eigenvalue weighted by Crippen LogP contribution is -2.55. The zero-order chi connectivity index (χ0) is 14.4. The van der Waals surface area contributed by atoms with Crippen LogP contribution in [0.1, 0.15) is 32.1 Å². The summed E-state index contributed by atoms with van der Waals surface area (Å²) in [6.07, 6.45) is 6.52. The molecule has 2 fully saturated rings. The molecule has 2 rings (SSSR count). The Balaban J connectivity index is 1.66. The summed E-state index contributed by atoms with van der Waals surface area (Å²) in [5.41, 5.74) is 0. The smallest absolute Gasteiger partial charge is 0.234 e. The summed E-state index contributed by atoms with van der Waals surface area (Å²) in [5, 5.41) is 12.4. The number of rotatable bonds is 5. The molecule has 0 spiro atoms. The molecule has 1 aliphatic heterocycles. The Morgan fingerprint density at radius 3 is 2.70 bits per heavy atom. The molecular formula is C15H29N3O2. The first kappa shape index (κ1) is 15.7. The molecule has 1 amide bonds. The van der Waals surface area contributed by atoms with Gasteiger partial charge in [-0.3, -0.25) is 14.6 Å². The molecule has 0 aromatic carbocycles. The molecule has 0 aromatic rings. The lowest BCUT2D eigenvalue weighted by Gasteiger charge is -2.38. The van der Waals surface area contributed by atoms with Gasteiger partial charge in [0.2, 0.25) is 5.91 Å². The van der Waals surface area contributed by atoms with Crippen molar-refractivity contribution in [2.75, 3.05) is 46.4 Å². The number of aliphatic hydroxyl groups is 1. The quantitative estimate of drug-likeness (QED) is 0.761. The van der Waals surface area contributed by atoms with Crippen molar-refractivity contribution in [3.63, 3.8) is 0 Å². The zero-order valence-electron chi connectivity index (χ0n) is 12.7. The minimum absolute atomic E-state index is 0.136. The molecule has 1 saturated heterocycles. The number of hydrogen-bond donors (Lipinski definition) is 2. The largest absolute Gasteiger partial charge is 0.395 e. The molecule has 1 unspecified atom stereocenters. The number of amides is 1. The maximum Gasteiger partial charge on any atom is 0.234 e. The summed E-state index contributed by atoms with van der Waals surface area (Å²) in [6.45, 7) is 4.08. The highest BCUT2D eigenvalue weighted by Crippen LogP contribution is 2.22. The van der Waals surface area contributed by atoms with Crippen LogP contribution in [0.15, 0.2) is 0 Å². The fourth-order valence-electron chi connectivity index (χ4n) is 3.26. The van der Waals surface area contributed by atoms with Crippen LogP contribution in [0.4, 0.5) is 0 Å². The van der Waals surface area contributed by atoms with E-state index in [4.69, 9.17) is 0 Å². The van der Waals surface area contributed by atoms with E-state index >= 15 is 0 Å². The van der Waals surface area contributed by atoms with Gasteiger partial charge < -0.3 is 10.4 Å². The molecule has 1 heterocycles. The monoisotopic (exact) mass is 283 g/mol. The van der Waals surface area contributed by atoms with E-state index < -0.39 is 0 Å². The first-order valence-corrected chi connectivity index (χ1v) is 7.99. The average molecular weight is 283 g/mol. The van der Waals surface area contributed by atoms with Gasteiger partial charge in [-0.05, 0) is 25.8 Å². The zero-order valence-corrected chi connectivity index (χ0v) is 12.7. The van der Waals surface area contributed by atoms with Gasteiger partial charge in [-0.1, -0.05) is 19.3 Å². The minimum Gasteiger partial charge on any atom is -0.395 e. The SMILES string of the molecule is CN1CCN(CC(=O)NCC2CCCCC2)CC1CO. The maximum absolute atomic E-state index is 12.0. The fraction of sp³-hybridized carbons (Fsp3) is 0.933. The summed E-state index contributed by atoms with van der Waals surface area (Å²) < 4.78 is 0. The van der Waals surface area contributed by atoms with E-state index in [1.807, 2.05) is 7.05 Å². The van der Waals surface area contributed by atoms with Gasteiger partial charge in [-0.2, -0.15) is 0 Å². The number of hydrogen-bond acceptors (Lipinski definition) is 4. The van der Waals surface area contributed by atoms with Crippen molar-refractivity contribution in [3.8, 4) is 0 Å². The summed E-state index contributed by atoms with van der Waals surface area (Å²) in [5.74, 6) is 0.821. The van der Waals surface area contributed by atoms with Gasteiger partial charge in [0.05, 0.1) is 13.2 Å². The van der Waals surface area contributed by atoms with Crippen molar-refractivity contribution < 1.29 is 9.90 Å². The van der Waals surface area contributed by atoms with Crippen molar-refractivity contribution in [1.82, 2.24) is 15.1 Å². The predicted molar refractivity (Wildman–Crippen MR) is 79.5 cm³/mol. The first-order valence-electron chi connectivity index (χ1n) is 7.99. The molecule has 2 N–H and O–H groups in total. The second-order valence-electron chi connectivity index (χ2n) is 6.36. The maximum atomic E-state index is 12.0. The normalized spacial score (nSPS) is 26.6. The Hall–Kier alpha value is -0.650. The van der Waals surface area contributed by atoms with Crippen LogP contribution in [0.25, 0.3) is 0 Å². The molecule has 5 heteroatoms. The van der Waals surface area contributed by atoms with Crippen molar-refractivity contribution in [3.05, 3.63) is 0 Å². The van der Waals surface area contributed by atoms with Gasteiger partial charge in [-0.25, -0.2) is 0 Å². The lowest BCUT2D eigenvalue weighted by atomic mass is 9.89. The van der Waals surface area contributed by atoms with Crippen LogP contribution in [-0.2, 0) is 4.79 Å². The van der Waals surface area contributed by atoms with Crippen molar-refractivity contribution >= 4 is 5.91 Å². The third-order valence-corrected chi connectivity index (χ3v) is 4.75. The van der Waals surface area contributed by atoms with Gasteiger partial charge in [0.15, 0.2) is 0 Å². The number of piperazine rings is 1. The molecule has 0 aromatic heterocycles. The summed E-state index contributed by atoms with van der Waals surface area (Å²) in [7, 11) is 2.03. The van der Waals surface area contributed by atoms with Crippen molar-refractivity contribution in [2.45, 2.75) is 38.1 Å². The van der Waals surface area contributed by atoms with Crippen LogP contribution < -0.4 is 5.32 Å². The Kier molecular flexibility index (Phi) is 6.26. The number of likely N-dealkylation sites (N-methyl/N-ethyl adjacent to an activating group) is 1. The highest BCUT2D eigenvalue weighted by molar-refractivity contribution is 5.78. The van der Waals surface area contributed by atoms with E-state index in [1.54, 1.807) is 0 Å². The highest BCUT2D eigenvalue weighted by Gasteiger charge is 2.25. The topological polar surface area (TPSA) is 55.8 Å². The van der Waals surface area contributed by atoms with Crippen LogP contribution in [0.2, 0.25) is 0 Å². The van der Waals surface area contributed by atoms with Crippen LogP contribution in [0.5, 0.6) is 0 Å². The molecule has 20 heavy (non-hydrogen) atoms. The summed E-state index contributed by atoms with van der Waals surface area (Å²) in [6, 6.07) is 0.162. The van der Waals surface area contributed by atoms with Gasteiger partial charge in [0.1, 0.15) is 0 Å². The second kappa shape index (κ2) is 7.96. The van der Waals surface area contributed by atoms with E-state index in [-0.39, 0.29) is 18.6 Å². The Morgan fingerprint density at radius 1 is 1.25 bits per heavy atom. The number of nitrogens with zero attached hydrogens (tertiary/aromatic N) is 2. The molecule has 1 atom stereocenters. The Morgan fingerprint density at radius 2 is 2.00 bits per heavy atom. The van der Waals surface area contributed by atoms with E-state index in [0.717, 1.165) is 26.2 Å². The summed E-state index contributed by atoms with van der Waals surface area (Å²) >= 11 is 0. The van der Waals surface area contributed by atoms with Crippen LogP contribution in [0.3, 0.4) is 0 Å². The molecule has 1 saturated carbocycles. The third kappa shape index (κ3) is 4.72. The van der Waals surface area contributed by atoms with Crippen molar-refractivity contribution in [2.24, 2.45) is 5.92 Å².